The third kappa shape index (κ3) is 5.81. The van der Waals surface area contributed by atoms with E-state index in [0.29, 0.717) is 17.4 Å². The van der Waals surface area contributed by atoms with Crippen LogP contribution in [0.4, 0.5) is 18.9 Å². The molecule has 2 heterocycles. The van der Waals surface area contributed by atoms with E-state index in [2.05, 4.69) is 5.32 Å². The second-order valence-corrected chi connectivity index (χ2v) is 11.1. The molecule has 3 unspecified atom stereocenters. The number of nitriles is 1. The summed E-state index contributed by atoms with van der Waals surface area (Å²) in [4.78, 5) is 26.1. The zero-order chi connectivity index (χ0) is 28.4. The Hall–Kier alpha value is -3.01. The summed E-state index contributed by atoms with van der Waals surface area (Å²) in [7, 11) is 0. The minimum absolute atomic E-state index is 0.00599. The Bertz CT molecular complexity index is 1470. The number of hydrogen-bond acceptors (Lipinski definition) is 7. The van der Waals surface area contributed by atoms with Crippen molar-refractivity contribution in [2.75, 3.05) is 11.1 Å². The molecular weight excluding hydrogens is 594 g/mol. The molecule has 2 aromatic carbocycles. The lowest BCUT2D eigenvalue weighted by Crippen LogP contribution is -2.66. The first-order valence-electron chi connectivity index (χ1n) is 11.2. The lowest BCUT2D eigenvalue weighted by molar-refractivity contribution is -0.285. The van der Waals surface area contributed by atoms with Gasteiger partial charge in [0.05, 0.1) is 43.9 Å². The Morgan fingerprint density at radius 3 is 2.36 bits per heavy atom. The van der Waals surface area contributed by atoms with Crippen LogP contribution in [0.15, 0.2) is 76.6 Å². The monoisotopic (exact) mass is 611 g/mol. The highest BCUT2D eigenvalue weighted by Crippen LogP contribution is 2.52. The first-order valence-corrected chi connectivity index (χ1v) is 13.8. The van der Waals surface area contributed by atoms with Crippen LogP contribution < -0.4 is 10.6 Å². The van der Waals surface area contributed by atoms with Crippen LogP contribution in [-0.4, -0.2) is 34.5 Å². The Labute approximate surface area is 239 Å². The van der Waals surface area contributed by atoms with Crippen LogP contribution in [0.2, 0.25) is 10.0 Å². The highest BCUT2D eigenvalue weighted by molar-refractivity contribution is 8.03. The lowest BCUT2D eigenvalue weighted by Gasteiger charge is -2.45. The summed E-state index contributed by atoms with van der Waals surface area (Å²) in [5.74, 6) is -5.87. The average molecular weight is 612 g/mol. The Morgan fingerprint density at radius 2 is 1.77 bits per heavy atom. The van der Waals surface area contributed by atoms with Crippen LogP contribution in [0.5, 0.6) is 0 Å². The molecule has 1 aromatic heterocycles. The highest BCUT2D eigenvalue weighted by Gasteiger charge is 2.66. The molecule has 1 aliphatic rings. The normalized spacial score (nSPS) is 21.2. The molecule has 3 aromatic rings. The molecule has 13 heteroatoms. The fourth-order valence-electron chi connectivity index (χ4n) is 4.21. The summed E-state index contributed by atoms with van der Waals surface area (Å²) in [6.07, 6.45) is -5.36. The molecule has 0 saturated carbocycles. The molecule has 6 nitrogen and oxygen atoms in total. The number of nitrogens with zero attached hydrogens (tertiary/aromatic N) is 1. The number of carbonyl (C=O) groups excluding carboxylic acids is 2. The number of allylic oxidation sites excluding steroid dienone is 1. The highest BCUT2D eigenvalue weighted by atomic mass is 35.5. The lowest BCUT2D eigenvalue weighted by atomic mass is 9.70. The van der Waals surface area contributed by atoms with E-state index in [4.69, 9.17) is 23.2 Å². The number of alkyl halides is 3. The van der Waals surface area contributed by atoms with Crippen molar-refractivity contribution in [3.05, 3.63) is 97.1 Å². The number of halogens is 5. The molecule has 202 valence electrons. The fourth-order valence-corrected chi connectivity index (χ4v) is 6.25. The summed E-state index contributed by atoms with van der Waals surface area (Å²) in [5.41, 5.74) is -3.73. The maximum atomic E-state index is 14.6. The predicted molar refractivity (Wildman–Crippen MR) is 146 cm³/mol. The largest absolute Gasteiger partial charge is 0.437 e. The molecular formula is C26H18Cl2F3N3O3S2. The first-order chi connectivity index (χ1) is 18.5. The van der Waals surface area contributed by atoms with Crippen molar-refractivity contribution in [3.8, 4) is 6.07 Å². The van der Waals surface area contributed by atoms with Gasteiger partial charge in [0.1, 0.15) is 0 Å². The number of anilines is 1. The van der Waals surface area contributed by atoms with E-state index in [-0.39, 0.29) is 26.1 Å². The van der Waals surface area contributed by atoms with Gasteiger partial charge >= 0.3 is 6.18 Å². The maximum Gasteiger partial charge on any atom is 0.437 e. The molecule has 0 saturated heterocycles. The van der Waals surface area contributed by atoms with Crippen molar-refractivity contribution in [1.82, 2.24) is 5.32 Å². The molecule has 1 aliphatic heterocycles. The summed E-state index contributed by atoms with van der Waals surface area (Å²) in [6.45, 7) is 0. The van der Waals surface area contributed by atoms with Crippen molar-refractivity contribution < 1.29 is 27.9 Å². The number of Topliss-reactive ketones (excluding diaryl/α,β-unsaturated/α-hetero) is 1. The Kier molecular flexibility index (Phi) is 8.63. The zero-order valence-corrected chi connectivity index (χ0v) is 22.8. The third-order valence-corrected chi connectivity index (χ3v) is 8.55. The fraction of sp³-hybridized carbons (Fsp3) is 0.192. The van der Waals surface area contributed by atoms with E-state index in [1.807, 2.05) is 11.4 Å². The molecule has 0 spiro atoms. The number of para-hydroxylation sites is 1. The van der Waals surface area contributed by atoms with Crippen LogP contribution in [-0.2, 0) is 4.79 Å². The van der Waals surface area contributed by atoms with Crippen molar-refractivity contribution >= 4 is 63.7 Å². The van der Waals surface area contributed by atoms with Crippen LogP contribution >= 0.6 is 46.3 Å². The molecule has 39 heavy (non-hydrogen) atoms. The number of nitrogens with one attached hydrogen (secondary N) is 2. The number of thiophene rings is 1. The van der Waals surface area contributed by atoms with Gasteiger partial charge < -0.3 is 15.7 Å². The van der Waals surface area contributed by atoms with E-state index >= 15 is 0 Å². The van der Waals surface area contributed by atoms with Gasteiger partial charge in [-0.25, -0.2) is 0 Å². The maximum absolute atomic E-state index is 14.6. The van der Waals surface area contributed by atoms with Gasteiger partial charge in [-0.1, -0.05) is 71.4 Å². The number of ketones is 1. The van der Waals surface area contributed by atoms with Crippen LogP contribution in [0.3, 0.4) is 0 Å². The molecule has 0 aliphatic carbocycles. The van der Waals surface area contributed by atoms with Gasteiger partial charge in [-0.2, -0.15) is 18.4 Å². The number of rotatable bonds is 7. The van der Waals surface area contributed by atoms with E-state index < -0.39 is 46.2 Å². The number of hydrogen-bond donors (Lipinski definition) is 3. The van der Waals surface area contributed by atoms with Gasteiger partial charge in [-0.05, 0) is 35.2 Å². The Balaban J connectivity index is 1.81. The number of thioether (sulfide) groups is 1. The second kappa shape index (κ2) is 11.6. The topological polar surface area (TPSA) is 102 Å². The van der Waals surface area contributed by atoms with Crippen LogP contribution in [0.1, 0.15) is 21.2 Å². The minimum atomic E-state index is -5.36. The van der Waals surface area contributed by atoms with Gasteiger partial charge in [-0.3, -0.25) is 9.59 Å². The first kappa shape index (κ1) is 29.0. The van der Waals surface area contributed by atoms with Gasteiger partial charge in [0, 0.05) is 10.9 Å². The Morgan fingerprint density at radius 1 is 1.10 bits per heavy atom. The van der Waals surface area contributed by atoms with E-state index in [0.717, 1.165) is 11.3 Å². The third-order valence-electron chi connectivity index (χ3n) is 5.98. The molecule has 0 fully saturated rings. The summed E-state index contributed by atoms with van der Waals surface area (Å²) >= 11 is 13.9. The second-order valence-electron chi connectivity index (χ2n) is 8.38. The molecule has 3 N–H and O–H groups in total. The molecule has 1 amide bonds. The van der Waals surface area contributed by atoms with Crippen LogP contribution in [0, 0.1) is 17.2 Å². The summed E-state index contributed by atoms with van der Waals surface area (Å²) < 4.78 is 43.8. The summed E-state index contributed by atoms with van der Waals surface area (Å²) in [5, 5.41) is 27.2. The molecule has 0 bridgehead atoms. The van der Waals surface area contributed by atoms with Crippen molar-refractivity contribution in [3.63, 3.8) is 0 Å². The molecule has 3 atom stereocenters. The quantitative estimate of drug-likeness (QED) is 0.260. The predicted octanol–water partition coefficient (Wildman–Crippen LogP) is 6.60. The van der Waals surface area contributed by atoms with Crippen LogP contribution in [0.25, 0.3) is 0 Å². The van der Waals surface area contributed by atoms with E-state index in [1.165, 1.54) is 35.7 Å². The number of amides is 1. The van der Waals surface area contributed by atoms with Gasteiger partial charge in [0.15, 0.2) is 5.78 Å². The molecule has 0 radical (unpaired) electrons. The van der Waals surface area contributed by atoms with Gasteiger partial charge in [0.25, 0.3) is 0 Å². The van der Waals surface area contributed by atoms with Crippen molar-refractivity contribution in [1.29, 1.82) is 5.26 Å². The van der Waals surface area contributed by atoms with E-state index in [1.54, 1.807) is 30.3 Å². The number of aliphatic hydroxyl groups is 1. The SMILES string of the molecule is N#CC1=C(SCC(=O)Nc2ccccc2Cl)NC(O)(C(F)(F)F)C(C(=O)c2cccs2)C1c1ccccc1Cl. The zero-order valence-electron chi connectivity index (χ0n) is 19.6. The van der Waals surface area contributed by atoms with Gasteiger partial charge in [0.2, 0.25) is 11.6 Å². The summed E-state index contributed by atoms with van der Waals surface area (Å²) in [6, 6.07) is 17.0. The molecule has 4 rings (SSSR count). The van der Waals surface area contributed by atoms with Gasteiger partial charge in [-0.15, -0.1) is 11.3 Å². The van der Waals surface area contributed by atoms with E-state index in [9.17, 15) is 33.1 Å². The standard InChI is InChI=1S/C26H18Cl2F3N3O3S2/c27-16-7-2-1-6-14(16)21-15(12-32)24(39-13-20(35)33-18-9-4-3-8-17(18)28)34-25(37,26(29,30)31)22(21)23(36)19-10-5-11-38-19/h1-11,21-22,34,37H,13H2,(H,33,35). The number of benzene rings is 2. The van der Waals surface area contributed by atoms with Crippen molar-refractivity contribution in [2.45, 2.75) is 17.8 Å². The minimum Gasteiger partial charge on any atom is -0.363 e. The number of carbonyl (C=O) groups is 2. The average Bonchev–Trinajstić information content (AvgIpc) is 3.43. The smallest absolute Gasteiger partial charge is 0.363 e. The van der Waals surface area contributed by atoms with Crippen molar-refractivity contribution in [2.24, 2.45) is 5.92 Å².